The Morgan fingerprint density at radius 3 is 3.00 bits per heavy atom. The number of aryl methyl sites for hydroxylation is 1. The van der Waals surface area contributed by atoms with E-state index < -0.39 is 0 Å². The fraction of sp³-hybridized carbons (Fsp3) is 0.333. The van der Waals surface area contributed by atoms with Crippen LogP contribution in [-0.2, 0) is 16.0 Å². The summed E-state index contributed by atoms with van der Waals surface area (Å²) in [6.45, 7) is 1.61. The van der Waals surface area contributed by atoms with Gasteiger partial charge in [-0.25, -0.2) is 9.97 Å². The molecule has 1 aromatic carbocycles. The number of hydrogen-bond donors (Lipinski definition) is 1. The SMILES string of the molecule is O=C1C2COCCN2c2nc(-c3cn[nH]c3)ncc2N1C1CCc2ccccc21. The van der Waals surface area contributed by atoms with E-state index in [2.05, 4.69) is 38.3 Å². The van der Waals surface area contributed by atoms with Crippen molar-refractivity contribution in [1.82, 2.24) is 20.2 Å². The maximum Gasteiger partial charge on any atom is 0.252 e. The molecule has 29 heavy (non-hydrogen) atoms. The van der Waals surface area contributed by atoms with Crippen molar-refractivity contribution in [2.45, 2.75) is 24.9 Å². The van der Waals surface area contributed by atoms with E-state index in [-0.39, 0.29) is 18.0 Å². The first kappa shape index (κ1) is 16.7. The highest BCUT2D eigenvalue weighted by atomic mass is 16.5. The quantitative estimate of drug-likeness (QED) is 0.724. The van der Waals surface area contributed by atoms with Crippen LogP contribution in [0.4, 0.5) is 11.5 Å². The summed E-state index contributed by atoms with van der Waals surface area (Å²) < 4.78 is 5.66. The molecule has 1 N–H and O–H groups in total. The van der Waals surface area contributed by atoms with Crippen LogP contribution in [0.1, 0.15) is 23.6 Å². The van der Waals surface area contributed by atoms with Gasteiger partial charge in [0.2, 0.25) is 0 Å². The van der Waals surface area contributed by atoms with E-state index in [1.807, 2.05) is 11.0 Å². The summed E-state index contributed by atoms with van der Waals surface area (Å²) in [5.74, 6) is 1.47. The molecule has 2 aliphatic heterocycles. The zero-order chi connectivity index (χ0) is 19.4. The summed E-state index contributed by atoms with van der Waals surface area (Å²) >= 11 is 0. The fourth-order valence-corrected chi connectivity index (χ4v) is 4.73. The van der Waals surface area contributed by atoms with Gasteiger partial charge in [-0.3, -0.25) is 14.8 Å². The van der Waals surface area contributed by atoms with Crippen LogP contribution >= 0.6 is 0 Å². The first-order valence-corrected chi connectivity index (χ1v) is 9.93. The van der Waals surface area contributed by atoms with Gasteiger partial charge >= 0.3 is 0 Å². The van der Waals surface area contributed by atoms with E-state index in [0.29, 0.717) is 25.6 Å². The van der Waals surface area contributed by atoms with Gasteiger partial charge in [0.25, 0.3) is 5.91 Å². The zero-order valence-electron chi connectivity index (χ0n) is 15.8. The second-order valence-corrected chi connectivity index (χ2v) is 7.64. The van der Waals surface area contributed by atoms with Crippen molar-refractivity contribution in [1.29, 1.82) is 0 Å². The predicted octanol–water partition coefficient (Wildman–Crippen LogP) is 2.11. The van der Waals surface area contributed by atoms with Gasteiger partial charge < -0.3 is 9.64 Å². The number of morpholine rings is 1. The largest absolute Gasteiger partial charge is 0.377 e. The molecule has 1 aliphatic carbocycles. The number of amides is 1. The molecule has 6 rings (SSSR count). The van der Waals surface area contributed by atoms with Crippen LogP contribution in [0.25, 0.3) is 11.4 Å². The van der Waals surface area contributed by atoms with Crippen molar-refractivity contribution >= 4 is 17.4 Å². The number of nitrogens with zero attached hydrogens (tertiary/aromatic N) is 5. The maximum atomic E-state index is 13.6. The highest BCUT2D eigenvalue weighted by Crippen LogP contribution is 2.45. The Morgan fingerprint density at radius 1 is 1.17 bits per heavy atom. The van der Waals surface area contributed by atoms with Crippen LogP contribution in [0.15, 0.2) is 42.9 Å². The molecule has 0 saturated carbocycles. The standard InChI is InChI=1S/C21H20N6O2/c28-21-18-12-29-8-7-26(18)20-17(11-22-19(25-20)14-9-23-24-10-14)27(21)16-6-5-13-3-1-2-4-15(13)16/h1-4,9-11,16,18H,5-8,12H2,(H,23,24). The van der Waals surface area contributed by atoms with Crippen molar-refractivity contribution in [3.05, 3.63) is 54.0 Å². The molecule has 4 heterocycles. The van der Waals surface area contributed by atoms with Crippen molar-refractivity contribution < 1.29 is 9.53 Å². The molecule has 2 unspecified atom stereocenters. The van der Waals surface area contributed by atoms with Crippen molar-refractivity contribution in [2.75, 3.05) is 29.6 Å². The van der Waals surface area contributed by atoms with Crippen LogP contribution < -0.4 is 9.80 Å². The molecule has 1 saturated heterocycles. The molecule has 0 spiro atoms. The number of anilines is 2. The second kappa shape index (κ2) is 6.38. The molecule has 2 aromatic heterocycles. The number of rotatable bonds is 2. The predicted molar refractivity (Wildman–Crippen MR) is 107 cm³/mol. The molecule has 146 valence electrons. The van der Waals surface area contributed by atoms with Crippen molar-refractivity contribution in [2.24, 2.45) is 0 Å². The van der Waals surface area contributed by atoms with E-state index in [0.717, 1.165) is 29.9 Å². The fourth-order valence-electron chi connectivity index (χ4n) is 4.73. The van der Waals surface area contributed by atoms with Crippen LogP contribution in [0, 0.1) is 0 Å². The number of ether oxygens (including phenoxy) is 1. The summed E-state index contributed by atoms with van der Waals surface area (Å²) in [5, 5.41) is 6.81. The Morgan fingerprint density at radius 2 is 2.10 bits per heavy atom. The minimum Gasteiger partial charge on any atom is -0.377 e. The number of nitrogens with one attached hydrogen (secondary N) is 1. The average Bonchev–Trinajstić information content (AvgIpc) is 3.45. The minimum absolute atomic E-state index is 0.00454. The van der Waals surface area contributed by atoms with Crippen LogP contribution in [0.3, 0.4) is 0 Å². The number of aromatic amines is 1. The van der Waals surface area contributed by atoms with E-state index in [9.17, 15) is 4.79 Å². The highest BCUT2D eigenvalue weighted by Gasteiger charge is 2.45. The Hall–Kier alpha value is -3.26. The molecule has 0 bridgehead atoms. The molecule has 8 nitrogen and oxygen atoms in total. The van der Waals surface area contributed by atoms with Crippen molar-refractivity contribution in [3.63, 3.8) is 0 Å². The Bertz CT molecular complexity index is 1080. The van der Waals surface area contributed by atoms with Gasteiger partial charge in [-0.05, 0) is 24.0 Å². The summed E-state index contributed by atoms with van der Waals surface area (Å²) in [7, 11) is 0. The average molecular weight is 388 g/mol. The molecule has 3 aliphatic rings. The van der Waals surface area contributed by atoms with Crippen LogP contribution in [0.2, 0.25) is 0 Å². The third kappa shape index (κ3) is 2.49. The lowest BCUT2D eigenvalue weighted by Crippen LogP contribution is -2.59. The number of benzene rings is 1. The third-order valence-corrected chi connectivity index (χ3v) is 6.10. The van der Waals surface area contributed by atoms with Gasteiger partial charge in [0, 0.05) is 12.7 Å². The summed E-state index contributed by atoms with van der Waals surface area (Å²) in [4.78, 5) is 27.0. The molecular formula is C21H20N6O2. The number of H-pyrrole nitrogens is 1. The normalized spacial score (nSPS) is 23.0. The van der Waals surface area contributed by atoms with E-state index >= 15 is 0 Å². The summed E-state index contributed by atoms with van der Waals surface area (Å²) in [6.07, 6.45) is 7.14. The van der Waals surface area contributed by atoms with Gasteiger partial charge in [-0.15, -0.1) is 0 Å². The number of hydrogen-bond acceptors (Lipinski definition) is 6. The summed E-state index contributed by atoms with van der Waals surface area (Å²) in [5.41, 5.74) is 4.13. The summed E-state index contributed by atoms with van der Waals surface area (Å²) in [6, 6.07) is 8.04. The number of fused-ring (bicyclic) bond motifs is 4. The lowest BCUT2D eigenvalue weighted by atomic mass is 10.0. The molecular weight excluding hydrogens is 368 g/mol. The molecule has 1 amide bonds. The molecule has 2 atom stereocenters. The molecule has 8 heteroatoms. The lowest BCUT2D eigenvalue weighted by Gasteiger charge is -2.45. The molecule has 1 fully saturated rings. The van der Waals surface area contributed by atoms with Crippen LogP contribution in [-0.4, -0.2) is 51.9 Å². The van der Waals surface area contributed by atoms with Gasteiger partial charge in [-0.2, -0.15) is 5.10 Å². The Labute approximate surface area is 167 Å². The third-order valence-electron chi connectivity index (χ3n) is 6.10. The van der Waals surface area contributed by atoms with Gasteiger partial charge in [-0.1, -0.05) is 24.3 Å². The topological polar surface area (TPSA) is 87.2 Å². The number of carbonyl (C=O) groups excluding carboxylic acids is 1. The first-order chi connectivity index (χ1) is 14.3. The molecule has 3 aromatic rings. The van der Waals surface area contributed by atoms with E-state index in [4.69, 9.17) is 9.72 Å². The Balaban J connectivity index is 1.50. The van der Waals surface area contributed by atoms with E-state index in [1.165, 1.54) is 11.1 Å². The Kier molecular flexibility index (Phi) is 3.67. The van der Waals surface area contributed by atoms with E-state index in [1.54, 1.807) is 18.6 Å². The van der Waals surface area contributed by atoms with Gasteiger partial charge in [0.1, 0.15) is 11.7 Å². The smallest absolute Gasteiger partial charge is 0.252 e. The minimum atomic E-state index is -0.351. The van der Waals surface area contributed by atoms with Crippen LogP contribution in [0.5, 0.6) is 0 Å². The number of carbonyl (C=O) groups is 1. The van der Waals surface area contributed by atoms with Gasteiger partial charge in [0.15, 0.2) is 11.6 Å². The number of aromatic nitrogens is 4. The lowest BCUT2D eigenvalue weighted by molar-refractivity contribution is -0.123. The van der Waals surface area contributed by atoms with Gasteiger partial charge in [0.05, 0.1) is 37.2 Å². The monoisotopic (exact) mass is 388 g/mol. The maximum absolute atomic E-state index is 13.6. The highest BCUT2D eigenvalue weighted by molar-refractivity contribution is 6.05. The first-order valence-electron chi connectivity index (χ1n) is 9.93. The second-order valence-electron chi connectivity index (χ2n) is 7.64. The van der Waals surface area contributed by atoms with Crippen molar-refractivity contribution in [3.8, 4) is 11.4 Å². The molecule has 0 radical (unpaired) electrons. The zero-order valence-corrected chi connectivity index (χ0v) is 15.8.